The normalized spacial score (nSPS) is 21.6. The van der Waals surface area contributed by atoms with Crippen LogP contribution in [0.15, 0.2) is 18.3 Å². The van der Waals surface area contributed by atoms with Crippen LogP contribution in [-0.4, -0.2) is 30.1 Å². The molecular weight excluding hydrogens is 214 g/mol. The topological polar surface area (TPSA) is 25.4 Å². The number of aromatic nitrogens is 1. The van der Waals surface area contributed by atoms with Gasteiger partial charge in [-0.1, -0.05) is 6.07 Å². The molecule has 0 spiro atoms. The smallest absolute Gasteiger partial charge is 0.388 e. The van der Waals surface area contributed by atoms with Gasteiger partial charge in [0.25, 0.3) is 0 Å². The molecule has 1 saturated heterocycles. The van der Waals surface area contributed by atoms with Crippen LogP contribution in [-0.2, 0) is 0 Å². The Labute approximate surface area is 93.0 Å². The van der Waals surface area contributed by atoms with Crippen LogP contribution in [0.2, 0.25) is 0 Å². The molecule has 1 unspecified atom stereocenters. The molecule has 0 aromatic carbocycles. The first-order valence-electron chi connectivity index (χ1n) is 5.28. The lowest BCUT2D eigenvalue weighted by Crippen LogP contribution is -2.19. The minimum Gasteiger partial charge on any atom is -0.417 e. The van der Waals surface area contributed by atoms with Gasteiger partial charge in [-0.3, -0.25) is 4.90 Å². The maximum absolute atomic E-state index is 12.2. The first-order chi connectivity index (χ1) is 7.68. The molecule has 1 aromatic heterocycles. The van der Waals surface area contributed by atoms with E-state index in [1.54, 1.807) is 12.1 Å². The van der Waals surface area contributed by atoms with Crippen molar-refractivity contribution in [2.24, 2.45) is 0 Å². The van der Waals surface area contributed by atoms with E-state index in [1.165, 1.54) is 6.20 Å². The van der Waals surface area contributed by atoms with Gasteiger partial charge in [0.05, 0.1) is 0 Å². The van der Waals surface area contributed by atoms with E-state index >= 15 is 0 Å². The van der Waals surface area contributed by atoms with E-state index < -0.39 is 6.61 Å². The van der Waals surface area contributed by atoms with Crippen molar-refractivity contribution in [3.05, 3.63) is 23.9 Å². The van der Waals surface area contributed by atoms with Gasteiger partial charge in [-0.2, -0.15) is 8.78 Å². The van der Waals surface area contributed by atoms with Crippen molar-refractivity contribution in [2.75, 3.05) is 13.6 Å². The average Bonchev–Trinajstić information content (AvgIpc) is 2.64. The SMILES string of the molecule is CN1CCCC1c1cccnc1OC(F)F. The summed E-state index contributed by atoms with van der Waals surface area (Å²) in [6.45, 7) is -1.84. The molecule has 0 saturated carbocycles. The number of ether oxygens (including phenoxy) is 1. The van der Waals surface area contributed by atoms with Gasteiger partial charge in [0.1, 0.15) is 0 Å². The third-order valence-corrected chi connectivity index (χ3v) is 2.88. The molecule has 1 aliphatic rings. The summed E-state index contributed by atoms with van der Waals surface area (Å²) in [4.78, 5) is 6.00. The molecule has 2 heterocycles. The fourth-order valence-electron chi connectivity index (χ4n) is 2.14. The van der Waals surface area contributed by atoms with Crippen LogP contribution in [0.3, 0.4) is 0 Å². The second kappa shape index (κ2) is 4.74. The van der Waals surface area contributed by atoms with Crippen LogP contribution in [0.5, 0.6) is 5.88 Å². The zero-order valence-corrected chi connectivity index (χ0v) is 9.07. The van der Waals surface area contributed by atoms with Gasteiger partial charge in [0, 0.05) is 17.8 Å². The predicted molar refractivity (Wildman–Crippen MR) is 55.5 cm³/mol. The molecule has 1 fully saturated rings. The van der Waals surface area contributed by atoms with Gasteiger partial charge < -0.3 is 4.74 Å². The van der Waals surface area contributed by atoms with Gasteiger partial charge in [-0.25, -0.2) is 4.98 Å². The second-order valence-corrected chi connectivity index (χ2v) is 3.91. The van der Waals surface area contributed by atoms with Gasteiger partial charge >= 0.3 is 6.61 Å². The molecule has 1 aliphatic heterocycles. The van der Waals surface area contributed by atoms with Crippen molar-refractivity contribution in [2.45, 2.75) is 25.5 Å². The number of pyridine rings is 1. The summed E-state index contributed by atoms with van der Waals surface area (Å²) in [7, 11) is 1.98. The molecule has 0 aliphatic carbocycles. The Morgan fingerprint density at radius 3 is 3.00 bits per heavy atom. The van der Waals surface area contributed by atoms with Gasteiger partial charge in [0.15, 0.2) is 0 Å². The maximum atomic E-state index is 12.2. The van der Waals surface area contributed by atoms with Crippen LogP contribution in [0.1, 0.15) is 24.4 Å². The van der Waals surface area contributed by atoms with Crippen molar-refractivity contribution >= 4 is 0 Å². The summed E-state index contributed by atoms with van der Waals surface area (Å²) >= 11 is 0. The first-order valence-corrected chi connectivity index (χ1v) is 5.28. The van der Waals surface area contributed by atoms with Crippen LogP contribution in [0.25, 0.3) is 0 Å². The number of likely N-dealkylation sites (tertiary alicyclic amines) is 1. The molecule has 1 atom stereocenters. The Hall–Kier alpha value is -1.23. The molecule has 16 heavy (non-hydrogen) atoms. The quantitative estimate of drug-likeness (QED) is 0.794. The molecule has 2 rings (SSSR count). The van der Waals surface area contributed by atoms with Crippen LogP contribution < -0.4 is 4.74 Å². The molecule has 88 valence electrons. The molecule has 3 nitrogen and oxygen atoms in total. The maximum Gasteiger partial charge on any atom is 0.388 e. The summed E-state index contributed by atoms with van der Waals surface area (Å²) in [6.07, 6.45) is 3.50. The first kappa shape index (κ1) is 11.3. The molecule has 0 bridgehead atoms. The van der Waals surface area contributed by atoms with Gasteiger partial charge in [-0.15, -0.1) is 0 Å². The van der Waals surface area contributed by atoms with E-state index in [-0.39, 0.29) is 11.9 Å². The number of hydrogen-bond acceptors (Lipinski definition) is 3. The van der Waals surface area contributed by atoms with E-state index in [4.69, 9.17) is 0 Å². The highest BCUT2D eigenvalue weighted by Gasteiger charge is 2.26. The van der Waals surface area contributed by atoms with Crippen LogP contribution >= 0.6 is 0 Å². The summed E-state index contributed by atoms with van der Waals surface area (Å²) < 4.78 is 28.9. The summed E-state index contributed by atoms with van der Waals surface area (Å²) in [5.74, 6) is 0.0521. The van der Waals surface area contributed by atoms with Crippen molar-refractivity contribution in [3.8, 4) is 5.88 Å². The molecule has 0 amide bonds. The zero-order valence-electron chi connectivity index (χ0n) is 9.07. The van der Waals surface area contributed by atoms with E-state index in [9.17, 15) is 8.78 Å². The third-order valence-electron chi connectivity index (χ3n) is 2.88. The fourth-order valence-corrected chi connectivity index (χ4v) is 2.14. The average molecular weight is 228 g/mol. The second-order valence-electron chi connectivity index (χ2n) is 3.91. The Kier molecular flexibility index (Phi) is 3.33. The van der Waals surface area contributed by atoms with Crippen LogP contribution in [0, 0.1) is 0 Å². The number of rotatable bonds is 3. The minimum atomic E-state index is -2.82. The Morgan fingerprint density at radius 1 is 1.56 bits per heavy atom. The molecule has 5 heteroatoms. The minimum absolute atomic E-state index is 0.0521. The zero-order chi connectivity index (χ0) is 11.5. The molecule has 1 aromatic rings. The highest BCUT2D eigenvalue weighted by molar-refractivity contribution is 5.29. The highest BCUT2D eigenvalue weighted by Crippen LogP contribution is 2.34. The summed E-state index contributed by atoms with van der Waals surface area (Å²) in [5.41, 5.74) is 0.753. The summed E-state index contributed by atoms with van der Waals surface area (Å²) in [5, 5.41) is 0. The number of alkyl halides is 2. The largest absolute Gasteiger partial charge is 0.417 e. The van der Waals surface area contributed by atoms with E-state index in [0.717, 1.165) is 24.9 Å². The molecule has 0 radical (unpaired) electrons. The summed E-state index contributed by atoms with van der Waals surface area (Å²) in [6, 6.07) is 3.69. The van der Waals surface area contributed by atoms with Crippen molar-refractivity contribution < 1.29 is 13.5 Å². The van der Waals surface area contributed by atoms with Crippen molar-refractivity contribution in [1.29, 1.82) is 0 Å². The predicted octanol–water partition coefficient (Wildman–Crippen LogP) is 2.45. The van der Waals surface area contributed by atoms with Gasteiger partial charge in [-0.05, 0) is 32.5 Å². The third kappa shape index (κ3) is 2.29. The highest BCUT2D eigenvalue weighted by atomic mass is 19.3. The number of halogens is 2. The monoisotopic (exact) mass is 228 g/mol. The Balaban J connectivity index is 2.25. The molecule has 0 N–H and O–H groups in total. The van der Waals surface area contributed by atoms with E-state index in [0.29, 0.717) is 0 Å². The molecular formula is C11H14F2N2O. The Morgan fingerprint density at radius 2 is 2.38 bits per heavy atom. The fraction of sp³-hybridized carbons (Fsp3) is 0.545. The number of nitrogens with zero attached hydrogens (tertiary/aromatic N) is 2. The standard InChI is InChI=1S/C11H14F2N2O/c1-15-7-3-5-9(15)8-4-2-6-14-10(8)16-11(12)13/h2,4,6,9,11H,3,5,7H2,1H3. The van der Waals surface area contributed by atoms with Crippen molar-refractivity contribution in [1.82, 2.24) is 9.88 Å². The lowest BCUT2D eigenvalue weighted by molar-refractivity contribution is -0.0540. The Bertz CT molecular complexity index is 360. The van der Waals surface area contributed by atoms with Gasteiger partial charge in [0.2, 0.25) is 5.88 Å². The van der Waals surface area contributed by atoms with E-state index in [1.807, 2.05) is 7.05 Å². The van der Waals surface area contributed by atoms with Crippen molar-refractivity contribution in [3.63, 3.8) is 0 Å². The van der Waals surface area contributed by atoms with E-state index in [2.05, 4.69) is 14.6 Å². The lowest BCUT2D eigenvalue weighted by Gasteiger charge is -2.21. The lowest BCUT2D eigenvalue weighted by atomic mass is 10.1. The number of hydrogen-bond donors (Lipinski definition) is 0. The van der Waals surface area contributed by atoms with Crippen LogP contribution in [0.4, 0.5) is 8.78 Å².